The zero-order valence-electron chi connectivity index (χ0n) is 18.8. The highest BCUT2D eigenvalue weighted by atomic mass is 32.1. The van der Waals surface area contributed by atoms with Crippen LogP contribution in [0.5, 0.6) is 0 Å². The Morgan fingerprint density at radius 2 is 1.81 bits per heavy atom. The molecule has 2 amide bonds. The van der Waals surface area contributed by atoms with Gasteiger partial charge < -0.3 is 16.4 Å². The van der Waals surface area contributed by atoms with Crippen LogP contribution < -0.4 is 16.4 Å². The molecular weight excluding hydrogens is 422 g/mol. The van der Waals surface area contributed by atoms with E-state index in [4.69, 9.17) is 5.73 Å². The standard InChI is InChI=1S/C24H31N5O2S/c1-4-29(5-2)16(3)22(30)28-21(23(31)26-14-19-15-27-24(25)32-19)13-18-11-8-10-17-9-6-7-12-20(17)18/h6-12,15-16,21H,4-5,13-14H2,1-3H3,(H2,25,27)(H,26,31)(H,28,30)/t16-,21-/m0/s1. The summed E-state index contributed by atoms with van der Waals surface area (Å²) in [5, 5.41) is 8.56. The molecule has 0 radical (unpaired) electrons. The van der Waals surface area contributed by atoms with Crippen LogP contribution in [0.1, 0.15) is 31.2 Å². The molecule has 8 heteroatoms. The molecule has 0 unspecified atom stereocenters. The highest BCUT2D eigenvalue weighted by molar-refractivity contribution is 7.15. The number of anilines is 1. The Morgan fingerprint density at radius 1 is 1.09 bits per heavy atom. The van der Waals surface area contributed by atoms with E-state index in [1.807, 2.05) is 63.2 Å². The number of likely N-dealkylation sites (N-methyl/N-ethyl adjacent to an activating group) is 1. The maximum atomic E-state index is 13.1. The number of hydrogen-bond acceptors (Lipinski definition) is 6. The first kappa shape index (κ1) is 23.7. The summed E-state index contributed by atoms with van der Waals surface area (Å²) in [6.45, 7) is 7.76. The predicted molar refractivity (Wildman–Crippen MR) is 130 cm³/mol. The van der Waals surface area contributed by atoms with E-state index in [-0.39, 0.29) is 17.9 Å². The van der Waals surface area contributed by atoms with Gasteiger partial charge in [0.05, 0.1) is 12.6 Å². The summed E-state index contributed by atoms with van der Waals surface area (Å²) >= 11 is 1.33. The van der Waals surface area contributed by atoms with Gasteiger partial charge in [-0.3, -0.25) is 14.5 Å². The largest absolute Gasteiger partial charge is 0.375 e. The Morgan fingerprint density at radius 3 is 2.50 bits per heavy atom. The fraction of sp³-hybridized carbons (Fsp3) is 0.375. The number of nitrogens with zero attached hydrogens (tertiary/aromatic N) is 2. The van der Waals surface area contributed by atoms with Crippen molar-refractivity contribution in [3.63, 3.8) is 0 Å². The number of rotatable bonds is 10. The second kappa shape index (κ2) is 11.1. The lowest BCUT2D eigenvalue weighted by Crippen LogP contribution is -2.53. The summed E-state index contributed by atoms with van der Waals surface area (Å²) < 4.78 is 0. The van der Waals surface area contributed by atoms with Crippen molar-refractivity contribution in [1.82, 2.24) is 20.5 Å². The van der Waals surface area contributed by atoms with E-state index < -0.39 is 6.04 Å². The monoisotopic (exact) mass is 453 g/mol. The van der Waals surface area contributed by atoms with Gasteiger partial charge in [0.15, 0.2) is 5.13 Å². The van der Waals surface area contributed by atoms with Crippen molar-refractivity contribution in [3.8, 4) is 0 Å². The molecule has 1 aromatic heterocycles. The quantitative estimate of drug-likeness (QED) is 0.438. The number of aromatic nitrogens is 1. The van der Waals surface area contributed by atoms with Crippen LogP contribution >= 0.6 is 11.3 Å². The topological polar surface area (TPSA) is 100 Å². The molecule has 7 nitrogen and oxygen atoms in total. The van der Waals surface area contributed by atoms with Crippen LogP contribution in [0.25, 0.3) is 10.8 Å². The predicted octanol–water partition coefficient (Wildman–Crippen LogP) is 2.95. The number of hydrogen-bond donors (Lipinski definition) is 3. The first-order valence-electron chi connectivity index (χ1n) is 10.9. The van der Waals surface area contributed by atoms with E-state index in [0.29, 0.717) is 18.1 Å². The van der Waals surface area contributed by atoms with Crippen LogP contribution in [0, 0.1) is 0 Å². The Kier molecular flexibility index (Phi) is 8.19. The van der Waals surface area contributed by atoms with Gasteiger partial charge in [0, 0.05) is 17.5 Å². The lowest BCUT2D eigenvalue weighted by molar-refractivity contribution is -0.131. The number of benzene rings is 2. The van der Waals surface area contributed by atoms with E-state index in [9.17, 15) is 9.59 Å². The molecule has 0 aliphatic carbocycles. The molecule has 2 aromatic carbocycles. The fourth-order valence-corrected chi connectivity index (χ4v) is 4.45. The van der Waals surface area contributed by atoms with Gasteiger partial charge in [-0.25, -0.2) is 4.98 Å². The highest BCUT2D eigenvalue weighted by Gasteiger charge is 2.26. The molecule has 4 N–H and O–H groups in total. The maximum absolute atomic E-state index is 13.1. The average molecular weight is 454 g/mol. The molecule has 32 heavy (non-hydrogen) atoms. The normalized spacial score (nSPS) is 13.1. The molecule has 0 saturated carbocycles. The summed E-state index contributed by atoms with van der Waals surface area (Å²) in [6, 6.07) is 13.1. The number of nitrogens with two attached hydrogens (primary N) is 1. The summed E-state index contributed by atoms with van der Waals surface area (Å²) in [7, 11) is 0. The lowest BCUT2D eigenvalue weighted by Gasteiger charge is -2.27. The summed E-state index contributed by atoms with van der Waals surface area (Å²) in [5.41, 5.74) is 6.70. The minimum Gasteiger partial charge on any atom is -0.375 e. The van der Waals surface area contributed by atoms with Crippen molar-refractivity contribution in [2.24, 2.45) is 0 Å². The summed E-state index contributed by atoms with van der Waals surface area (Å²) in [6.07, 6.45) is 2.05. The molecule has 0 fully saturated rings. The molecule has 170 valence electrons. The molecule has 3 aromatic rings. The third-order valence-electron chi connectivity index (χ3n) is 5.68. The van der Waals surface area contributed by atoms with E-state index in [0.717, 1.165) is 34.3 Å². The third-order valence-corrected chi connectivity index (χ3v) is 6.51. The van der Waals surface area contributed by atoms with Gasteiger partial charge in [0.25, 0.3) is 0 Å². The second-order valence-corrected chi connectivity index (χ2v) is 8.83. The third kappa shape index (κ3) is 5.83. The van der Waals surface area contributed by atoms with E-state index in [2.05, 4.69) is 20.5 Å². The number of fused-ring (bicyclic) bond motifs is 1. The van der Waals surface area contributed by atoms with Gasteiger partial charge in [0.2, 0.25) is 11.8 Å². The first-order chi connectivity index (χ1) is 15.4. The Balaban J connectivity index is 1.80. The highest BCUT2D eigenvalue weighted by Crippen LogP contribution is 2.20. The van der Waals surface area contributed by atoms with Crippen LogP contribution in [0.15, 0.2) is 48.7 Å². The number of carbonyl (C=O) groups is 2. The number of nitrogen functional groups attached to an aromatic ring is 1. The van der Waals surface area contributed by atoms with Gasteiger partial charge in [-0.15, -0.1) is 11.3 Å². The SMILES string of the molecule is CCN(CC)[C@@H](C)C(=O)N[C@@H](Cc1cccc2ccccc12)C(=O)NCc1cnc(N)s1. The van der Waals surface area contributed by atoms with Gasteiger partial charge in [-0.1, -0.05) is 56.3 Å². The molecule has 0 aliphatic heterocycles. The van der Waals surface area contributed by atoms with Gasteiger partial charge in [-0.05, 0) is 36.3 Å². The van der Waals surface area contributed by atoms with Crippen molar-refractivity contribution >= 4 is 39.1 Å². The van der Waals surface area contributed by atoms with Gasteiger partial charge in [0.1, 0.15) is 6.04 Å². The second-order valence-electron chi connectivity index (χ2n) is 7.68. The summed E-state index contributed by atoms with van der Waals surface area (Å²) in [5.74, 6) is -0.388. The molecule has 1 heterocycles. The number of carbonyl (C=O) groups excluding carboxylic acids is 2. The van der Waals surface area contributed by atoms with Crippen LogP contribution in [0.3, 0.4) is 0 Å². The minimum absolute atomic E-state index is 0.156. The van der Waals surface area contributed by atoms with Gasteiger partial charge in [-0.2, -0.15) is 0 Å². The van der Waals surface area contributed by atoms with Crippen LogP contribution in [0.4, 0.5) is 5.13 Å². The fourth-order valence-electron chi connectivity index (χ4n) is 3.83. The van der Waals surface area contributed by atoms with E-state index in [1.165, 1.54) is 11.3 Å². The van der Waals surface area contributed by atoms with Crippen molar-refractivity contribution in [1.29, 1.82) is 0 Å². The smallest absolute Gasteiger partial charge is 0.243 e. The number of thiazole rings is 1. The zero-order valence-corrected chi connectivity index (χ0v) is 19.6. The van der Waals surface area contributed by atoms with Crippen molar-refractivity contribution in [2.45, 2.75) is 45.8 Å². The van der Waals surface area contributed by atoms with E-state index >= 15 is 0 Å². The van der Waals surface area contributed by atoms with Gasteiger partial charge >= 0.3 is 0 Å². The molecule has 0 saturated heterocycles. The van der Waals surface area contributed by atoms with Crippen LogP contribution in [-0.4, -0.2) is 46.9 Å². The molecular formula is C24H31N5O2S. The van der Waals surface area contributed by atoms with Crippen LogP contribution in [-0.2, 0) is 22.6 Å². The number of amides is 2. The maximum Gasteiger partial charge on any atom is 0.243 e. The molecule has 2 atom stereocenters. The minimum atomic E-state index is -0.698. The zero-order chi connectivity index (χ0) is 23.1. The van der Waals surface area contributed by atoms with Crippen molar-refractivity contribution < 1.29 is 9.59 Å². The van der Waals surface area contributed by atoms with Crippen LogP contribution in [0.2, 0.25) is 0 Å². The Bertz CT molecular complexity index is 1060. The molecule has 0 bridgehead atoms. The van der Waals surface area contributed by atoms with Crippen molar-refractivity contribution in [3.05, 3.63) is 59.1 Å². The lowest BCUT2D eigenvalue weighted by atomic mass is 9.98. The Hall–Kier alpha value is -2.97. The summed E-state index contributed by atoms with van der Waals surface area (Å²) in [4.78, 5) is 33.1. The average Bonchev–Trinajstić information content (AvgIpc) is 3.23. The molecule has 3 rings (SSSR count). The molecule has 0 aliphatic rings. The molecule has 0 spiro atoms. The number of nitrogens with one attached hydrogen (secondary N) is 2. The Labute approximate surface area is 193 Å². The van der Waals surface area contributed by atoms with Crippen molar-refractivity contribution in [2.75, 3.05) is 18.8 Å². The first-order valence-corrected chi connectivity index (χ1v) is 11.7. The van der Waals surface area contributed by atoms with E-state index in [1.54, 1.807) is 6.20 Å².